The fourth-order valence-electron chi connectivity index (χ4n) is 2.66. The molecule has 0 atom stereocenters. The minimum Gasteiger partial charge on any atom is -0.466 e. The van der Waals surface area contributed by atoms with Gasteiger partial charge in [0.05, 0.1) is 6.61 Å². The number of hydrogen-bond donors (Lipinski definition) is 0. The summed E-state index contributed by atoms with van der Waals surface area (Å²) in [4.78, 5) is 16.1. The van der Waals surface area contributed by atoms with Crippen molar-refractivity contribution < 1.29 is 9.53 Å². The molecule has 0 amide bonds. The van der Waals surface area contributed by atoms with E-state index in [1.54, 1.807) is 0 Å². The maximum Gasteiger partial charge on any atom is 0.305 e. The van der Waals surface area contributed by atoms with Crippen LogP contribution in [0.15, 0.2) is 0 Å². The molecule has 4 nitrogen and oxygen atoms in total. The summed E-state index contributed by atoms with van der Waals surface area (Å²) < 4.78 is 4.92. The molecule has 19 heavy (non-hydrogen) atoms. The zero-order valence-electron chi connectivity index (χ0n) is 12.9. The highest BCUT2D eigenvalue weighted by Crippen LogP contribution is 2.15. The molecule has 0 aromatic heterocycles. The minimum atomic E-state index is -0.0498. The molecule has 1 heterocycles. The van der Waals surface area contributed by atoms with Crippen LogP contribution in [0.4, 0.5) is 0 Å². The molecule has 0 spiro atoms. The molecular weight excluding hydrogens is 240 g/mol. The zero-order chi connectivity index (χ0) is 14.1. The number of piperidine rings is 1. The van der Waals surface area contributed by atoms with Gasteiger partial charge in [-0.2, -0.15) is 0 Å². The Kier molecular flexibility index (Phi) is 8.07. The molecule has 1 aliphatic rings. The number of carbonyl (C=O) groups excluding carboxylic acids is 1. The Balaban J connectivity index is 2.01. The van der Waals surface area contributed by atoms with Gasteiger partial charge in [-0.3, -0.25) is 4.79 Å². The van der Waals surface area contributed by atoms with Gasteiger partial charge in [0, 0.05) is 12.5 Å². The van der Waals surface area contributed by atoms with Crippen LogP contribution < -0.4 is 0 Å². The third-order valence-electron chi connectivity index (χ3n) is 4.01. The molecular formula is C15H30N2O2. The number of nitrogens with zero attached hydrogens (tertiary/aromatic N) is 2. The van der Waals surface area contributed by atoms with Gasteiger partial charge in [-0.05, 0) is 66.3 Å². The number of ether oxygens (including phenoxy) is 1. The fraction of sp³-hybridized carbons (Fsp3) is 0.933. The Morgan fingerprint density at radius 2 is 1.95 bits per heavy atom. The molecule has 0 aromatic rings. The Bertz CT molecular complexity index is 251. The third kappa shape index (κ3) is 6.92. The average molecular weight is 270 g/mol. The summed E-state index contributed by atoms with van der Waals surface area (Å²) in [6.45, 7) is 5.94. The number of hydrogen-bond acceptors (Lipinski definition) is 4. The highest BCUT2D eigenvalue weighted by molar-refractivity contribution is 5.69. The second-order valence-electron chi connectivity index (χ2n) is 5.63. The smallest absolute Gasteiger partial charge is 0.305 e. The maximum atomic E-state index is 11.2. The van der Waals surface area contributed by atoms with Gasteiger partial charge >= 0.3 is 5.97 Å². The normalized spacial score (nSPS) is 17.9. The number of unbranched alkanes of at least 4 members (excludes halogenated alkanes) is 2. The Morgan fingerprint density at radius 3 is 2.58 bits per heavy atom. The lowest BCUT2D eigenvalue weighted by molar-refractivity contribution is -0.143. The summed E-state index contributed by atoms with van der Waals surface area (Å²) in [5.74, 6) is -0.0498. The Hall–Kier alpha value is -0.610. The van der Waals surface area contributed by atoms with E-state index in [9.17, 15) is 4.79 Å². The van der Waals surface area contributed by atoms with Gasteiger partial charge in [0.1, 0.15) is 0 Å². The highest BCUT2D eigenvalue weighted by Gasteiger charge is 2.19. The molecule has 0 N–H and O–H groups in total. The van der Waals surface area contributed by atoms with Crippen LogP contribution in [0.2, 0.25) is 0 Å². The molecule has 0 bridgehead atoms. The second kappa shape index (κ2) is 9.32. The number of esters is 1. The zero-order valence-corrected chi connectivity index (χ0v) is 12.9. The average Bonchev–Trinajstić information content (AvgIpc) is 2.39. The number of likely N-dealkylation sites (tertiary alicyclic amines) is 1. The standard InChI is InChI=1S/C15H30N2O2/c1-4-19-15(18)8-6-5-7-11-17(3)14-9-12-16(2)13-10-14/h14H,4-13H2,1-3H3. The van der Waals surface area contributed by atoms with Crippen molar-refractivity contribution in [2.45, 2.75) is 51.5 Å². The molecule has 0 saturated carbocycles. The first-order valence-electron chi connectivity index (χ1n) is 7.68. The van der Waals surface area contributed by atoms with Gasteiger partial charge in [0.2, 0.25) is 0 Å². The maximum absolute atomic E-state index is 11.2. The fourth-order valence-corrected chi connectivity index (χ4v) is 2.66. The molecule has 4 heteroatoms. The third-order valence-corrected chi connectivity index (χ3v) is 4.01. The number of carbonyl (C=O) groups is 1. The van der Waals surface area contributed by atoms with Crippen LogP contribution in [-0.4, -0.2) is 62.1 Å². The van der Waals surface area contributed by atoms with Crippen LogP contribution in [0, 0.1) is 0 Å². The van der Waals surface area contributed by atoms with Crippen LogP contribution in [0.25, 0.3) is 0 Å². The molecule has 0 unspecified atom stereocenters. The van der Waals surface area contributed by atoms with E-state index in [0.717, 1.165) is 25.4 Å². The van der Waals surface area contributed by atoms with Crippen molar-refractivity contribution >= 4 is 5.97 Å². The lowest BCUT2D eigenvalue weighted by Crippen LogP contribution is -2.42. The van der Waals surface area contributed by atoms with Crippen LogP contribution in [0.3, 0.4) is 0 Å². The molecule has 0 aliphatic carbocycles. The van der Waals surface area contributed by atoms with Crippen molar-refractivity contribution in [2.24, 2.45) is 0 Å². The quantitative estimate of drug-likeness (QED) is 0.500. The van der Waals surface area contributed by atoms with E-state index in [-0.39, 0.29) is 5.97 Å². The first-order chi connectivity index (χ1) is 9.13. The SMILES string of the molecule is CCOC(=O)CCCCCN(C)C1CCN(C)CC1. The van der Waals surface area contributed by atoms with Gasteiger partial charge in [-0.25, -0.2) is 0 Å². The van der Waals surface area contributed by atoms with Gasteiger partial charge < -0.3 is 14.5 Å². The predicted octanol–water partition coefficient (Wildman–Crippen LogP) is 2.14. The lowest BCUT2D eigenvalue weighted by atomic mass is 10.0. The first kappa shape index (κ1) is 16.4. The summed E-state index contributed by atoms with van der Waals surface area (Å²) in [5, 5.41) is 0. The van der Waals surface area contributed by atoms with Gasteiger partial charge in [0.25, 0.3) is 0 Å². The number of rotatable bonds is 8. The second-order valence-corrected chi connectivity index (χ2v) is 5.63. The lowest BCUT2D eigenvalue weighted by Gasteiger charge is -2.35. The van der Waals surface area contributed by atoms with Crippen molar-refractivity contribution in [2.75, 3.05) is 40.3 Å². The van der Waals surface area contributed by atoms with Crippen molar-refractivity contribution in [3.63, 3.8) is 0 Å². The molecule has 112 valence electrons. The van der Waals surface area contributed by atoms with E-state index in [4.69, 9.17) is 4.74 Å². The van der Waals surface area contributed by atoms with Gasteiger partial charge in [0.15, 0.2) is 0 Å². The van der Waals surface area contributed by atoms with Crippen LogP contribution >= 0.6 is 0 Å². The van der Waals surface area contributed by atoms with Crippen molar-refractivity contribution in [3.8, 4) is 0 Å². The summed E-state index contributed by atoms with van der Waals surface area (Å²) in [6.07, 6.45) is 6.41. The molecule has 0 aromatic carbocycles. The molecule has 0 radical (unpaired) electrons. The summed E-state index contributed by atoms with van der Waals surface area (Å²) in [6, 6.07) is 0.751. The topological polar surface area (TPSA) is 32.8 Å². The van der Waals surface area contributed by atoms with Crippen molar-refractivity contribution in [1.82, 2.24) is 9.80 Å². The monoisotopic (exact) mass is 270 g/mol. The summed E-state index contributed by atoms with van der Waals surface area (Å²) in [5.41, 5.74) is 0. The van der Waals surface area contributed by atoms with E-state index in [2.05, 4.69) is 23.9 Å². The minimum absolute atomic E-state index is 0.0498. The van der Waals surface area contributed by atoms with E-state index < -0.39 is 0 Å². The van der Waals surface area contributed by atoms with Crippen LogP contribution in [0.5, 0.6) is 0 Å². The summed E-state index contributed by atoms with van der Waals surface area (Å²) in [7, 11) is 4.44. The Labute approximate surface area is 118 Å². The van der Waals surface area contributed by atoms with Crippen molar-refractivity contribution in [1.29, 1.82) is 0 Å². The van der Waals surface area contributed by atoms with Crippen LogP contribution in [-0.2, 0) is 9.53 Å². The highest BCUT2D eigenvalue weighted by atomic mass is 16.5. The molecule has 1 aliphatic heterocycles. The van der Waals surface area contributed by atoms with E-state index >= 15 is 0 Å². The van der Waals surface area contributed by atoms with Gasteiger partial charge in [-0.15, -0.1) is 0 Å². The Morgan fingerprint density at radius 1 is 1.26 bits per heavy atom. The van der Waals surface area contributed by atoms with Gasteiger partial charge in [-0.1, -0.05) is 6.42 Å². The van der Waals surface area contributed by atoms with E-state index in [1.807, 2.05) is 6.92 Å². The summed E-state index contributed by atoms with van der Waals surface area (Å²) >= 11 is 0. The molecule has 1 rings (SSSR count). The van der Waals surface area contributed by atoms with E-state index in [0.29, 0.717) is 13.0 Å². The largest absolute Gasteiger partial charge is 0.466 e. The molecule has 1 fully saturated rings. The molecule has 1 saturated heterocycles. The van der Waals surface area contributed by atoms with Crippen LogP contribution in [0.1, 0.15) is 45.4 Å². The van der Waals surface area contributed by atoms with Crippen molar-refractivity contribution in [3.05, 3.63) is 0 Å². The predicted molar refractivity (Wildman–Crippen MR) is 78.3 cm³/mol. The first-order valence-corrected chi connectivity index (χ1v) is 7.68. The van der Waals surface area contributed by atoms with E-state index in [1.165, 1.54) is 32.4 Å².